The Morgan fingerprint density at radius 2 is 1.34 bits per heavy atom. The molecular weight excluding hydrogens is 609 g/mol. The third-order valence-corrected chi connectivity index (χ3v) is 4.14. The summed E-state index contributed by atoms with van der Waals surface area (Å²) in [5.41, 5.74) is -0.287. The minimum atomic E-state index is -5.08. The first-order chi connectivity index (χ1) is 18.7. The second kappa shape index (κ2) is 14.1. The van der Waals surface area contributed by atoms with Gasteiger partial charge in [-0.2, -0.15) is 39.5 Å². The summed E-state index contributed by atoms with van der Waals surface area (Å²) in [6, 6.07) is 10.8. The fourth-order valence-electron chi connectivity index (χ4n) is 2.11. The van der Waals surface area contributed by atoms with Crippen LogP contribution in [-0.4, -0.2) is 50.4 Å². The highest BCUT2D eigenvalue weighted by Crippen LogP contribution is 2.34. The molecule has 0 saturated carbocycles. The lowest BCUT2D eigenvalue weighted by atomic mass is 10.2. The first kappa shape index (κ1) is 34.4. The maximum Gasteiger partial charge on any atom is 0.490 e. The van der Waals surface area contributed by atoms with Crippen LogP contribution in [0.25, 0.3) is 0 Å². The van der Waals surface area contributed by atoms with Crippen molar-refractivity contribution in [3.63, 3.8) is 0 Å². The van der Waals surface area contributed by atoms with Gasteiger partial charge in [0.05, 0.1) is 10.6 Å². The van der Waals surface area contributed by atoms with Crippen molar-refractivity contribution in [3.8, 4) is 11.6 Å². The number of aromatic nitrogens is 2. The molecule has 9 nitrogen and oxygen atoms in total. The quantitative estimate of drug-likeness (QED) is 0.282. The molecule has 1 aromatic carbocycles. The lowest BCUT2D eigenvalue weighted by Gasteiger charge is -2.11. The number of amides is 1. The van der Waals surface area contributed by atoms with Gasteiger partial charge in [-0.3, -0.25) is 9.78 Å². The number of nitrogens with one attached hydrogen (secondary N) is 1. The summed E-state index contributed by atoms with van der Waals surface area (Å²) in [6.07, 6.45) is -12.2. The highest BCUT2D eigenvalue weighted by atomic mass is 35.5. The first-order valence-corrected chi connectivity index (χ1v) is 10.4. The zero-order chi connectivity index (χ0) is 31.6. The van der Waals surface area contributed by atoms with E-state index in [2.05, 4.69) is 15.3 Å². The van der Waals surface area contributed by atoms with Gasteiger partial charge in [-0.15, -0.1) is 0 Å². The number of aliphatic carboxylic acids is 2. The van der Waals surface area contributed by atoms with Crippen molar-refractivity contribution in [2.24, 2.45) is 0 Å². The van der Waals surface area contributed by atoms with E-state index in [0.29, 0.717) is 5.69 Å². The average Bonchev–Trinajstić information content (AvgIpc) is 2.85. The van der Waals surface area contributed by atoms with Gasteiger partial charge >= 0.3 is 30.5 Å². The predicted molar refractivity (Wildman–Crippen MR) is 120 cm³/mol. The maximum absolute atomic E-state index is 12.7. The van der Waals surface area contributed by atoms with Gasteiger partial charge in [0.2, 0.25) is 5.88 Å². The van der Waals surface area contributed by atoms with Crippen LogP contribution < -0.4 is 10.1 Å². The lowest BCUT2D eigenvalue weighted by Crippen LogP contribution is -2.21. The number of carbonyl (C=O) groups excluding carboxylic acids is 1. The fraction of sp³-hybridized carbons (Fsp3) is 0.136. The van der Waals surface area contributed by atoms with E-state index >= 15 is 0 Å². The van der Waals surface area contributed by atoms with Gasteiger partial charge in [-0.1, -0.05) is 17.7 Å². The number of nitrogens with zero attached hydrogens (tertiary/aromatic N) is 2. The Bertz CT molecular complexity index is 1330. The van der Waals surface area contributed by atoms with Gasteiger partial charge in [0.25, 0.3) is 5.91 Å². The van der Waals surface area contributed by atoms with Crippen molar-refractivity contribution in [2.45, 2.75) is 18.5 Å². The van der Waals surface area contributed by atoms with Gasteiger partial charge in [0, 0.05) is 24.1 Å². The van der Waals surface area contributed by atoms with Crippen molar-refractivity contribution in [2.75, 3.05) is 5.32 Å². The van der Waals surface area contributed by atoms with Crippen molar-refractivity contribution in [1.82, 2.24) is 9.97 Å². The number of anilines is 1. The third-order valence-electron chi connectivity index (χ3n) is 3.85. The van der Waals surface area contributed by atoms with Gasteiger partial charge in [-0.05, 0) is 36.4 Å². The maximum atomic E-state index is 12.7. The number of carboxylic acids is 2. The number of pyridine rings is 2. The third kappa shape index (κ3) is 12.4. The molecule has 3 aromatic rings. The number of hydrogen-bond acceptors (Lipinski definition) is 6. The van der Waals surface area contributed by atoms with Crippen LogP contribution in [0, 0.1) is 0 Å². The summed E-state index contributed by atoms with van der Waals surface area (Å²) in [7, 11) is 0. The fourth-order valence-corrected chi connectivity index (χ4v) is 2.33. The molecule has 0 spiro atoms. The molecule has 41 heavy (non-hydrogen) atoms. The molecule has 0 aliphatic rings. The van der Waals surface area contributed by atoms with Gasteiger partial charge < -0.3 is 20.3 Å². The Kier molecular flexibility index (Phi) is 11.9. The zero-order valence-electron chi connectivity index (χ0n) is 19.5. The zero-order valence-corrected chi connectivity index (χ0v) is 20.2. The predicted octanol–water partition coefficient (Wildman–Crippen LogP) is 6.46. The number of rotatable bonds is 4. The first-order valence-electron chi connectivity index (χ1n) is 10.0. The minimum Gasteiger partial charge on any atom is -0.475 e. The average molecular weight is 622 g/mol. The summed E-state index contributed by atoms with van der Waals surface area (Å²) in [5.74, 6) is -6.10. The van der Waals surface area contributed by atoms with Gasteiger partial charge in [-0.25, -0.2) is 14.6 Å². The highest BCUT2D eigenvalue weighted by molar-refractivity contribution is 6.32. The van der Waals surface area contributed by atoms with Gasteiger partial charge in [0.15, 0.2) is 0 Å². The number of hydrogen-bond donors (Lipinski definition) is 3. The summed E-state index contributed by atoms with van der Waals surface area (Å²) in [6.45, 7) is 0. The molecule has 3 N–H and O–H groups in total. The molecule has 2 heterocycles. The summed E-state index contributed by atoms with van der Waals surface area (Å²) in [5, 5.41) is 17.0. The number of benzene rings is 1. The van der Waals surface area contributed by atoms with E-state index in [1.807, 2.05) is 0 Å². The molecule has 3 rings (SSSR count). The molecule has 2 aromatic heterocycles. The molecule has 0 aliphatic heterocycles. The molecule has 222 valence electrons. The van der Waals surface area contributed by atoms with E-state index < -0.39 is 41.9 Å². The Balaban J connectivity index is 0.000000497. The van der Waals surface area contributed by atoms with Crippen LogP contribution in [0.1, 0.15) is 16.1 Å². The lowest BCUT2D eigenvalue weighted by molar-refractivity contribution is -0.193. The van der Waals surface area contributed by atoms with Crippen molar-refractivity contribution >= 4 is 35.1 Å². The minimum absolute atomic E-state index is 0.0908. The Morgan fingerprint density at radius 1 is 0.780 bits per heavy atom. The van der Waals surface area contributed by atoms with Crippen molar-refractivity contribution < 1.29 is 68.8 Å². The van der Waals surface area contributed by atoms with E-state index in [1.54, 1.807) is 18.2 Å². The molecule has 0 bridgehead atoms. The molecule has 0 atom stereocenters. The summed E-state index contributed by atoms with van der Waals surface area (Å²) >= 11 is 6.10. The Morgan fingerprint density at radius 3 is 1.78 bits per heavy atom. The van der Waals surface area contributed by atoms with Crippen molar-refractivity contribution in [3.05, 3.63) is 77.2 Å². The van der Waals surface area contributed by atoms with E-state index in [1.165, 1.54) is 24.4 Å². The molecule has 19 heteroatoms. The van der Waals surface area contributed by atoms with Crippen molar-refractivity contribution in [1.29, 1.82) is 0 Å². The smallest absolute Gasteiger partial charge is 0.475 e. The van der Waals surface area contributed by atoms with E-state index in [4.69, 9.17) is 36.1 Å². The van der Waals surface area contributed by atoms with Crippen LogP contribution in [0.15, 0.2) is 60.9 Å². The molecule has 0 fully saturated rings. The highest BCUT2D eigenvalue weighted by Gasteiger charge is 2.39. The second-order valence-electron chi connectivity index (χ2n) is 6.90. The number of alkyl halides is 9. The topological polar surface area (TPSA) is 139 Å². The largest absolute Gasteiger partial charge is 0.490 e. The standard InChI is InChI=1S/C18H11ClF3N3O2.2C2HF3O2/c19-13-10-12(25-17(26)14-3-1-2-7-23-14)4-5-15(13)27-16-9-11(6-8-24-16)18(20,21)22;2*3-2(4,5)1(6)7/h1-10H,(H,25,26);2*(H,6,7). The normalized spacial score (nSPS) is 11.2. The number of halogens is 10. The monoisotopic (exact) mass is 621 g/mol. The molecule has 1 amide bonds. The van der Waals surface area contributed by atoms with Crippen LogP contribution in [0.4, 0.5) is 45.2 Å². The van der Waals surface area contributed by atoms with Crippen LogP contribution in [0.3, 0.4) is 0 Å². The van der Waals surface area contributed by atoms with Crippen LogP contribution in [-0.2, 0) is 15.8 Å². The second-order valence-corrected chi connectivity index (χ2v) is 7.31. The van der Waals surface area contributed by atoms with E-state index in [9.17, 15) is 44.3 Å². The molecule has 0 radical (unpaired) electrons. The summed E-state index contributed by atoms with van der Waals surface area (Å²) in [4.78, 5) is 37.5. The van der Waals surface area contributed by atoms with E-state index in [0.717, 1.165) is 18.3 Å². The number of ether oxygens (including phenoxy) is 1. The SMILES string of the molecule is O=C(Nc1ccc(Oc2cc(C(F)(F)F)ccn2)c(Cl)c1)c1ccccn1.O=C(O)C(F)(F)F.O=C(O)C(F)(F)F. The van der Waals surface area contributed by atoms with Crippen LogP contribution in [0.2, 0.25) is 5.02 Å². The van der Waals surface area contributed by atoms with Crippen LogP contribution >= 0.6 is 11.6 Å². The molecule has 0 aliphatic carbocycles. The van der Waals surface area contributed by atoms with E-state index in [-0.39, 0.29) is 22.3 Å². The Hall–Kier alpha value is -4.61. The Labute approximate surface area is 227 Å². The van der Waals surface area contributed by atoms with Crippen LogP contribution in [0.5, 0.6) is 11.6 Å². The van der Waals surface area contributed by atoms with Gasteiger partial charge in [0.1, 0.15) is 11.4 Å². The number of carboxylic acid groups (broad SMARTS) is 2. The molecular formula is C22H13ClF9N3O6. The summed E-state index contributed by atoms with van der Waals surface area (Å²) < 4.78 is 107. The molecule has 0 unspecified atom stereocenters. The molecule has 0 saturated heterocycles. The number of carbonyl (C=O) groups is 3.